The van der Waals surface area contributed by atoms with Crippen LogP contribution in [0, 0.1) is 0 Å². The summed E-state index contributed by atoms with van der Waals surface area (Å²) in [4.78, 5) is 11.4. The fraction of sp³-hybridized carbons (Fsp3) is 0.222. The zero-order valence-electron chi connectivity index (χ0n) is 8.34. The summed E-state index contributed by atoms with van der Waals surface area (Å²) in [5.74, 6) is -0.771. The summed E-state index contributed by atoms with van der Waals surface area (Å²) in [6, 6.07) is 3.16. The highest BCUT2D eigenvalue weighted by Crippen LogP contribution is 2.11. The van der Waals surface area contributed by atoms with Crippen molar-refractivity contribution in [3.63, 3.8) is 0 Å². The molecule has 0 aliphatic carbocycles. The molecule has 1 amide bonds. The van der Waals surface area contributed by atoms with E-state index in [1.165, 1.54) is 6.26 Å². The van der Waals surface area contributed by atoms with Crippen molar-refractivity contribution in [1.29, 1.82) is 0 Å². The molecule has 0 saturated carbocycles. The highest BCUT2D eigenvalue weighted by molar-refractivity contribution is 7.85. The minimum atomic E-state index is -4.07. The number of amides is 1. The first-order valence-corrected chi connectivity index (χ1v) is 5.97. The van der Waals surface area contributed by atoms with E-state index in [4.69, 9.17) is 8.97 Å². The highest BCUT2D eigenvalue weighted by atomic mass is 32.2. The fourth-order valence-corrected chi connectivity index (χ4v) is 1.32. The normalized spacial score (nSPS) is 11.1. The number of hydrogen-bond acceptors (Lipinski definition) is 4. The Labute approximate surface area is 92.7 Å². The van der Waals surface area contributed by atoms with Gasteiger partial charge in [0.25, 0.3) is 16.0 Å². The van der Waals surface area contributed by atoms with E-state index in [9.17, 15) is 13.2 Å². The molecule has 6 nitrogen and oxygen atoms in total. The van der Waals surface area contributed by atoms with Gasteiger partial charge in [-0.05, 0) is 12.1 Å². The van der Waals surface area contributed by atoms with E-state index in [-0.39, 0.29) is 12.1 Å². The Bertz CT molecular complexity index is 474. The Kier molecular flexibility index (Phi) is 3.86. The van der Waals surface area contributed by atoms with E-state index in [0.717, 1.165) is 0 Å². The van der Waals surface area contributed by atoms with Crippen molar-refractivity contribution in [2.75, 3.05) is 12.3 Å². The van der Waals surface area contributed by atoms with Crippen molar-refractivity contribution in [2.45, 2.75) is 0 Å². The van der Waals surface area contributed by atoms with E-state index >= 15 is 0 Å². The van der Waals surface area contributed by atoms with Crippen molar-refractivity contribution in [3.8, 4) is 0 Å². The van der Waals surface area contributed by atoms with Crippen LogP contribution >= 0.6 is 0 Å². The van der Waals surface area contributed by atoms with Gasteiger partial charge in [-0.25, -0.2) is 0 Å². The van der Waals surface area contributed by atoms with Crippen molar-refractivity contribution >= 4 is 21.6 Å². The van der Waals surface area contributed by atoms with Gasteiger partial charge in [0.15, 0.2) is 0 Å². The second kappa shape index (κ2) is 4.95. The monoisotopic (exact) mass is 245 g/mol. The van der Waals surface area contributed by atoms with Gasteiger partial charge in [0.05, 0.1) is 17.6 Å². The molecule has 0 fully saturated rings. The van der Waals surface area contributed by atoms with Crippen LogP contribution in [0.1, 0.15) is 5.76 Å². The average molecular weight is 245 g/mol. The van der Waals surface area contributed by atoms with Crippen LogP contribution in [-0.2, 0) is 14.9 Å². The quantitative estimate of drug-likeness (QED) is 0.574. The molecular formula is C9H11NO5S. The third-order valence-corrected chi connectivity index (χ3v) is 2.46. The Balaban J connectivity index is 2.45. The van der Waals surface area contributed by atoms with Gasteiger partial charge in [-0.3, -0.25) is 9.35 Å². The summed E-state index contributed by atoms with van der Waals surface area (Å²) in [5.41, 5.74) is 0.0975. The number of carbonyl (C=O) groups excluding carboxylic acids is 1. The average Bonchev–Trinajstić information content (AvgIpc) is 2.67. The lowest BCUT2D eigenvalue weighted by atomic mass is 10.2. The topological polar surface area (TPSA) is 96.6 Å². The largest absolute Gasteiger partial charge is 0.464 e. The van der Waals surface area contributed by atoms with Crippen molar-refractivity contribution < 1.29 is 22.2 Å². The summed E-state index contributed by atoms with van der Waals surface area (Å²) in [7, 11) is -4.07. The zero-order chi connectivity index (χ0) is 12.2. The minimum absolute atomic E-state index is 0.0975. The van der Waals surface area contributed by atoms with Gasteiger partial charge in [0.2, 0.25) is 0 Å². The number of nitrogens with one attached hydrogen (secondary N) is 1. The first kappa shape index (κ1) is 12.5. The van der Waals surface area contributed by atoms with Gasteiger partial charge in [-0.2, -0.15) is 8.42 Å². The number of carbonyl (C=O) groups is 1. The molecule has 1 aromatic heterocycles. The maximum absolute atomic E-state index is 11.4. The van der Waals surface area contributed by atoms with Gasteiger partial charge < -0.3 is 9.73 Å². The smallest absolute Gasteiger partial charge is 0.266 e. The standard InChI is InChI=1S/C9H11NO5S/c1-7(8-3-2-5-15-8)9(11)10-4-6-16(12,13)14/h2-3,5H,1,4,6H2,(H,10,11)(H,12,13,14). The van der Waals surface area contributed by atoms with Crippen LogP contribution < -0.4 is 5.32 Å². The van der Waals surface area contributed by atoms with E-state index in [1.807, 2.05) is 0 Å². The second-order valence-corrected chi connectivity index (χ2v) is 4.57. The highest BCUT2D eigenvalue weighted by Gasteiger charge is 2.12. The molecule has 16 heavy (non-hydrogen) atoms. The molecule has 88 valence electrons. The summed E-state index contributed by atoms with van der Waals surface area (Å²) < 4.78 is 34.1. The van der Waals surface area contributed by atoms with Gasteiger partial charge in [-0.15, -0.1) is 0 Å². The number of rotatable bonds is 5. The molecule has 2 N–H and O–H groups in total. The van der Waals surface area contributed by atoms with E-state index in [2.05, 4.69) is 11.9 Å². The Hall–Kier alpha value is -1.60. The Morgan fingerprint density at radius 2 is 2.25 bits per heavy atom. The van der Waals surface area contributed by atoms with Crippen LogP contribution in [0.3, 0.4) is 0 Å². The van der Waals surface area contributed by atoms with E-state index in [1.54, 1.807) is 12.1 Å². The van der Waals surface area contributed by atoms with Crippen LogP contribution in [0.4, 0.5) is 0 Å². The molecule has 7 heteroatoms. The molecule has 1 aromatic rings. The lowest BCUT2D eigenvalue weighted by Gasteiger charge is -2.04. The third kappa shape index (κ3) is 3.87. The molecule has 1 heterocycles. The van der Waals surface area contributed by atoms with Gasteiger partial charge in [0, 0.05) is 6.54 Å². The molecular weight excluding hydrogens is 234 g/mol. The molecule has 0 aliphatic heterocycles. The summed E-state index contributed by atoms with van der Waals surface area (Å²) >= 11 is 0. The maximum Gasteiger partial charge on any atom is 0.266 e. The van der Waals surface area contributed by atoms with Crippen molar-refractivity contribution in [3.05, 3.63) is 30.7 Å². The lowest BCUT2D eigenvalue weighted by molar-refractivity contribution is -0.115. The number of furan rings is 1. The van der Waals surface area contributed by atoms with E-state index < -0.39 is 21.8 Å². The summed E-state index contributed by atoms with van der Waals surface area (Å²) in [6.07, 6.45) is 1.39. The van der Waals surface area contributed by atoms with Crippen LogP contribution in [0.15, 0.2) is 29.4 Å². The molecule has 0 aromatic carbocycles. The maximum atomic E-state index is 11.4. The predicted molar refractivity (Wildman–Crippen MR) is 57.2 cm³/mol. The van der Waals surface area contributed by atoms with Gasteiger partial charge in [-0.1, -0.05) is 6.58 Å². The fourth-order valence-electron chi connectivity index (χ4n) is 0.962. The van der Waals surface area contributed by atoms with Crippen LogP contribution in [0.5, 0.6) is 0 Å². The molecule has 1 rings (SSSR count). The van der Waals surface area contributed by atoms with Crippen LogP contribution in [0.25, 0.3) is 5.57 Å². The molecule has 0 spiro atoms. The number of hydrogen-bond donors (Lipinski definition) is 2. The van der Waals surface area contributed by atoms with Gasteiger partial charge >= 0.3 is 0 Å². The Morgan fingerprint density at radius 1 is 1.56 bits per heavy atom. The SMILES string of the molecule is C=C(C(=O)NCCS(=O)(=O)O)c1ccco1. The van der Waals surface area contributed by atoms with Crippen LogP contribution in [0.2, 0.25) is 0 Å². The molecule has 0 atom stereocenters. The molecule has 0 saturated heterocycles. The first-order valence-electron chi connectivity index (χ1n) is 4.36. The van der Waals surface area contributed by atoms with Crippen molar-refractivity contribution in [2.24, 2.45) is 0 Å². The Morgan fingerprint density at radius 3 is 2.75 bits per heavy atom. The summed E-state index contributed by atoms with van der Waals surface area (Å²) in [6.45, 7) is 3.31. The van der Waals surface area contributed by atoms with Gasteiger partial charge in [0.1, 0.15) is 5.76 Å². The van der Waals surface area contributed by atoms with E-state index in [0.29, 0.717) is 5.76 Å². The first-order chi connectivity index (χ1) is 7.40. The molecule has 0 radical (unpaired) electrons. The predicted octanol–water partition coefficient (Wildman–Crippen LogP) is 0.297. The zero-order valence-corrected chi connectivity index (χ0v) is 9.16. The minimum Gasteiger partial charge on any atom is -0.464 e. The molecule has 0 aliphatic rings. The van der Waals surface area contributed by atoms with Crippen LogP contribution in [-0.4, -0.2) is 31.2 Å². The molecule has 0 unspecified atom stereocenters. The molecule has 0 bridgehead atoms. The third-order valence-electron chi connectivity index (χ3n) is 1.74. The lowest BCUT2D eigenvalue weighted by Crippen LogP contribution is -2.29. The summed E-state index contributed by atoms with van der Waals surface area (Å²) in [5, 5.41) is 2.29. The van der Waals surface area contributed by atoms with Crippen molar-refractivity contribution in [1.82, 2.24) is 5.32 Å². The second-order valence-electron chi connectivity index (χ2n) is 3.00.